The first kappa shape index (κ1) is 14.5. The number of nitrogens with zero attached hydrogens (tertiary/aromatic N) is 1. The van der Waals surface area contributed by atoms with Crippen molar-refractivity contribution in [1.82, 2.24) is 0 Å². The fourth-order valence-corrected chi connectivity index (χ4v) is 2.65. The van der Waals surface area contributed by atoms with Crippen LogP contribution in [0.3, 0.4) is 0 Å². The lowest BCUT2D eigenvalue weighted by Crippen LogP contribution is -2.26. The quantitative estimate of drug-likeness (QED) is 0.826. The van der Waals surface area contributed by atoms with Crippen LogP contribution >= 0.6 is 0 Å². The van der Waals surface area contributed by atoms with Gasteiger partial charge in [-0.15, -0.1) is 4.40 Å². The molecule has 0 amide bonds. The summed E-state index contributed by atoms with van der Waals surface area (Å²) in [6, 6.07) is 5.16. The van der Waals surface area contributed by atoms with Gasteiger partial charge in [0.25, 0.3) is 10.0 Å². The first-order chi connectivity index (χ1) is 7.88. The van der Waals surface area contributed by atoms with Crippen molar-refractivity contribution in [3.8, 4) is 0 Å². The van der Waals surface area contributed by atoms with Crippen molar-refractivity contribution < 1.29 is 18.6 Å². The Hall–Kier alpha value is -1.60. The Balaban J connectivity index is 0.00000162. The zero-order valence-electron chi connectivity index (χ0n) is 10.4. The van der Waals surface area contributed by atoms with Crippen LogP contribution in [0.2, 0.25) is 0 Å². The van der Waals surface area contributed by atoms with Crippen LogP contribution in [0.1, 0.15) is 19.4 Å². The molecule has 0 bridgehead atoms. The van der Waals surface area contributed by atoms with Crippen LogP contribution < -0.4 is 5.32 Å². The van der Waals surface area contributed by atoms with Gasteiger partial charge in [-0.3, -0.25) is 0 Å². The molecule has 0 spiro atoms. The second-order valence-corrected chi connectivity index (χ2v) is 5.74. The van der Waals surface area contributed by atoms with Gasteiger partial charge in [0.05, 0.1) is 11.8 Å². The highest BCUT2D eigenvalue weighted by Crippen LogP contribution is 2.28. The second kappa shape index (κ2) is 4.95. The molecule has 3 N–H and O–H groups in total. The highest BCUT2D eigenvalue weighted by molar-refractivity contribution is 7.90. The van der Waals surface area contributed by atoms with E-state index < -0.39 is 10.0 Å². The van der Waals surface area contributed by atoms with Gasteiger partial charge in [-0.05, 0) is 38.5 Å². The van der Waals surface area contributed by atoms with Crippen molar-refractivity contribution in [3.63, 3.8) is 0 Å². The zero-order chi connectivity index (χ0) is 12.6. The van der Waals surface area contributed by atoms with E-state index in [0.717, 1.165) is 5.56 Å². The van der Waals surface area contributed by atoms with Gasteiger partial charge >= 0.3 is 6.02 Å². The molecule has 1 aromatic rings. The van der Waals surface area contributed by atoms with Crippen LogP contribution in [0.4, 0.5) is 5.69 Å². The van der Waals surface area contributed by atoms with Crippen LogP contribution in [0.15, 0.2) is 27.5 Å². The summed E-state index contributed by atoms with van der Waals surface area (Å²) in [5.74, 6) is 0. The molecule has 7 heteroatoms. The van der Waals surface area contributed by atoms with Gasteiger partial charge in [0.15, 0.2) is 0 Å². The molecular weight excluding hydrogens is 256 g/mol. The Morgan fingerprint density at radius 2 is 2.00 bits per heavy atom. The summed E-state index contributed by atoms with van der Waals surface area (Å²) in [5.41, 5.74) is 1.37. The molecule has 1 aromatic carbocycles. The van der Waals surface area contributed by atoms with E-state index in [2.05, 4.69) is 9.71 Å². The normalized spacial score (nSPS) is 16.1. The molecule has 1 heterocycles. The maximum absolute atomic E-state index is 11.9. The molecule has 0 saturated heterocycles. The van der Waals surface area contributed by atoms with Crippen LogP contribution in [0, 0.1) is 6.92 Å². The highest BCUT2D eigenvalue weighted by Gasteiger charge is 2.26. The van der Waals surface area contributed by atoms with Gasteiger partial charge in [-0.2, -0.15) is 8.42 Å². The molecule has 100 valence electrons. The van der Waals surface area contributed by atoms with Gasteiger partial charge in [0.1, 0.15) is 4.90 Å². The van der Waals surface area contributed by atoms with E-state index >= 15 is 0 Å². The summed E-state index contributed by atoms with van der Waals surface area (Å²) in [7, 11) is -3.66. The highest BCUT2D eigenvalue weighted by atomic mass is 32.2. The fourth-order valence-electron chi connectivity index (χ4n) is 1.52. The Labute approximate surface area is 106 Å². The monoisotopic (exact) mass is 272 g/mol. The average molecular weight is 272 g/mol. The zero-order valence-corrected chi connectivity index (χ0v) is 11.2. The molecule has 6 nitrogen and oxygen atoms in total. The number of hydrogen-bond acceptors (Lipinski definition) is 4. The van der Waals surface area contributed by atoms with Gasteiger partial charge in [-0.1, -0.05) is 6.07 Å². The summed E-state index contributed by atoms with van der Waals surface area (Å²) in [6.07, 6.45) is -0.136. The van der Waals surface area contributed by atoms with Gasteiger partial charge in [0.2, 0.25) is 0 Å². The minimum Gasteiger partial charge on any atom is -0.462 e. The van der Waals surface area contributed by atoms with E-state index in [1.807, 2.05) is 26.8 Å². The van der Waals surface area contributed by atoms with Gasteiger partial charge in [-0.25, -0.2) is 0 Å². The van der Waals surface area contributed by atoms with Crippen LogP contribution in [0.5, 0.6) is 0 Å². The summed E-state index contributed by atoms with van der Waals surface area (Å²) in [6.45, 7) is 5.45. The predicted molar refractivity (Wildman–Crippen MR) is 69.3 cm³/mol. The number of rotatable bonds is 1. The molecule has 2 rings (SSSR count). The van der Waals surface area contributed by atoms with Gasteiger partial charge in [0, 0.05) is 0 Å². The lowest BCUT2D eigenvalue weighted by molar-refractivity contribution is 0.228. The number of aryl methyl sites for hydroxylation is 1. The lowest BCUT2D eigenvalue weighted by Gasteiger charge is -2.19. The molecule has 0 radical (unpaired) electrons. The van der Waals surface area contributed by atoms with E-state index in [4.69, 9.17) is 4.74 Å². The molecule has 0 fully saturated rings. The summed E-state index contributed by atoms with van der Waals surface area (Å²) in [5, 5.41) is 2.86. The number of sulfonamides is 1. The van der Waals surface area contributed by atoms with Gasteiger partial charge < -0.3 is 15.5 Å². The van der Waals surface area contributed by atoms with E-state index in [0.29, 0.717) is 5.69 Å². The smallest absolute Gasteiger partial charge is 0.305 e. The van der Waals surface area contributed by atoms with Crippen molar-refractivity contribution in [2.45, 2.75) is 31.8 Å². The van der Waals surface area contributed by atoms with Crippen LogP contribution in [0.25, 0.3) is 0 Å². The number of amidine groups is 1. The van der Waals surface area contributed by atoms with Crippen molar-refractivity contribution in [3.05, 3.63) is 23.8 Å². The number of fused-ring (bicyclic) bond motifs is 1. The SMILES string of the molecule is Cc1ccc2c(c1)S(=O)(=O)N=C(OC(C)C)N2.O. The molecule has 0 saturated carbocycles. The Morgan fingerprint density at radius 3 is 2.61 bits per heavy atom. The first-order valence-corrected chi connectivity index (χ1v) is 6.72. The van der Waals surface area contributed by atoms with Crippen molar-refractivity contribution in [2.75, 3.05) is 5.32 Å². The van der Waals surface area contributed by atoms with E-state index in [-0.39, 0.29) is 22.5 Å². The fraction of sp³-hybridized carbons (Fsp3) is 0.364. The second-order valence-electron chi connectivity index (χ2n) is 4.16. The number of ether oxygens (including phenoxy) is 1. The lowest BCUT2D eigenvalue weighted by atomic mass is 10.2. The van der Waals surface area contributed by atoms with E-state index in [1.165, 1.54) is 0 Å². The molecule has 0 aromatic heterocycles. The van der Waals surface area contributed by atoms with Crippen LogP contribution in [-0.2, 0) is 14.8 Å². The minimum atomic E-state index is -3.66. The predicted octanol–water partition coefficient (Wildman–Crippen LogP) is 1.07. The average Bonchev–Trinajstić information content (AvgIpc) is 2.17. The third-order valence-corrected chi connectivity index (χ3v) is 3.51. The summed E-state index contributed by atoms with van der Waals surface area (Å²) >= 11 is 0. The topological polar surface area (TPSA) is 99.3 Å². The van der Waals surface area contributed by atoms with E-state index in [1.54, 1.807) is 12.1 Å². The maximum atomic E-state index is 11.9. The number of anilines is 1. The standard InChI is InChI=1S/C11H14N2O3S.H2O/c1-7(2)16-11-12-9-5-4-8(3)6-10(9)17(14,15)13-11;/h4-7H,1-3H3,(H,12,13);1H2. The molecule has 1 aliphatic heterocycles. The first-order valence-electron chi connectivity index (χ1n) is 5.28. The Bertz CT molecular complexity index is 579. The number of benzene rings is 1. The molecule has 18 heavy (non-hydrogen) atoms. The van der Waals surface area contributed by atoms with Crippen LogP contribution in [-0.4, -0.2) is 26.0 Å². The summed E-state index contributed by atoms with van der Waals surface area (Å²) in [4.78, 5) is 0.189. The summed E-state index contributed by atoms with van der Waals surface area (Å²) < 4.78 is 32.7. The number of hydrogen-bond donors (Lipinski definition) is 1. The van der Waals surface area contributed by atoms with Crippen molar-refractivity contribution in [2.24, 2.45) is 4.40 Å². The molecule has 0 unspecified atom stereocenters. The van der Waals surface area contributed by atoms with Crippen molar-refractivity contribution in [1.29, 1.82) is 0 Å². The number of nitrogens with one attached hydrogen (secondary N) is 1. The molecule has 0 aliphatic carbocycles. The third-order valence-electron chi connectivity index (χ3n) is 2.21. The molecule has 1 aliphatic rings. The molecular formula is C11H16N2O4S. The Morgan fingerprint density at radius 1 is 1.33 bits per heavy atom. The van der Waals surface area contributed by atoms with E-state index in [9.17, 15) is 8.42 Å². The largest absolute Gasteiger partial charge is 0.462 e. The molecule has 0 atom stereocenters. The maximum Gasteiger partial charge on any atom is 0.305 e. The van der Waals surface area contributed by atoms with Crippen molar-refractivity contribution >= 4 is 21.7 Å². The minimum absolute atomic E-state index is 0. The third kappa shape index (κ3) is 2.80. The Kier molecular flexibility index (Phi) is 3.98.